The Morgan fingerprint density at radius 3 is 2.83 bits per heavy atom. The average Bonchev–Trinajstić information content (AvgIpc) is 2.61. The van der Waals surface area contributed by atoms with Crippen molar-refractivity contribution in [1.29, 1.82) is 5.26 Å². The molecule has 5 heteroatoms. The first-order chi connectivity index (χ1) is 11.3. The van der Waals surface area contributed by atoms with Crippen molar-refractivity contribution in [3.8, 4) is 11.8 Å². The number of thioether (sulfide) groups is 1. The van der Waals surface area contributed by atoms with Gasteiger partial charge >= 0.3 is 0 Å². The molecule has 0 unspecified atom stereocenters. The molecular weight excluding hydrogens is 308 g/mol. The van der Waals surface area contributed by atoms with E-state index < -0.39 is 0 Å². The summed E-state index contributed by atoms with van der Waals surface area (Å²) in [5.41, 5.74) is 1.74. The molecule has 2 aromatic rings. The molecule has 23 heavy (non-hydrogen) atoms. The standard InChI is InChI=1S/C18H16N2O2S/c19-11-13-5-7-14(8-6-13)22-12-18(21)20-16-9-10-23-17-4-2-1-3-15(16)17/h1-8,16H,9-10,12H2,(H,20,21)/t16-/m0/s1. The van der Waals surface area contributed by atoms with Crippen molar-refractivity contribution in [2.45, 2.75) is 17.4 Å². The quantitative estimate of drug-likeness (QED) is 0.937. The third kappa shape index (κ3) is 3.85. The van der Waals surface area contributed by atoms with Crippen molar-refractivity contribution < 1.29 is 9.53 Å². The van der Waals surface area contributed by atoms with E-state index in [-0.39, 0.29) is 18.6 Å². The van der Waals surface area contributed by atoms with Crippen LogP contribution in [0.3, 0.4) is 0 Å². The summed E-state index contributed by atoms with van der Waals surface area (Å²) in [4.78, 5) is 13.4. The summed E-state index contributed by atoms with van der Waals surface area (Å²) in [5.74, 6) is 1.44. The van der Waals surface area contributed by atoms with Gasteiger partial charge in [-0.15, -0.1) is 11.8 Å². The molecule has 1 N–H and O–H groups in total. The minimum atomic E-state index is -0.138. The van der Waals surface area contributed by atoms with Gasteiger partial charge in [0.05, 0.1) is 17.7 Å². The lowest BCUT2D eigenvalue weighted by atomic mass is 10.0. The monoisotopic (exact) mass is 324 g/mol. The summed E-state index contributed by atoms with van der Waals surface area (Å²) in [7, 11) is 0. The Hall–Kier alpha value is -2.45. The minimum Gasteiger partial charge on any atom is -0.484 e. The topological polar surface area (TPSA) is 62.1 Å². The van der Waals surface area contributed by atoms with Gasteiger partial charge in [0.1, 0.15) is 5.75 Å². The van der Waals surface area contributed by atoms with Gasteiger partial charge in [-0.3, -0.25) is 4.79 Å². The number of benzene rings is 2. The van der Waals surface area contributed by atoms with Crippen molar-refractivity contribution in [2.24, 2.45) is 0 Å². The maximum absolute atomic E-state index is 12.1. The second-order valence-electron chi connectivity index (χ2n) is 5.22. The highest BCUT2D eigenvalue weighted by atomic mass is 32.2. The maximum Gasteiger partial charge on any atom is 0.258 e. The van der Waals surface area contributed by atoms with Crippen molar-refractivity contribution >= 4 is 17.7 Å². The number of hydrogen-bond donors (Lipinski definition) is 1. The van der Waals surface area contributed by atoms with E-state index in [0.717, 1.165) is 12.2 Å². The van der Waals surface area contributed by atoms with E-state index in [4.69, 9.17) is 10.00 Å². The normalized spacial score (nSPS) is 16.0. The fraction of sp³-hybridized carbons (Fsp3) is 0.222. The third-order valence-electron chi connectivity index (χ3n) is 3.65. The van der Waals surface area contributed by atoms with Crippen molar-refractivity contribution in [3.63, 3.8) is 0 Å². The number of ether oxygens (including phenoxy) is 1. The Morgan fingerprint density at radius 1 is 1.26 bits per heavy atom. The van der Waals surface area contributed by atoms with Crippen molar-refractivity contribution in [2.75, 3.05) is 12.4 Å². The highest BCUT2D eigenvalue weighted by Crippen LogP contribution is 2.35. The molecule has 1 amide bonds. The molecule has 0 saturated carbocycles. The van der Waals surface area contributed by atoms with Gasteiger partial charge in [-0.2, -0.15) is 5.26 Å². The molecule has 2 aromatic carbocycles. The second kappa shape index (κ2) is 7.21. The summed E-state index contributed by atoms with van der Waals surface area (Å²) in [6, 6.07) is 17.0. The van der Waals surface area contributed by atoms with E-state index in [9.17, 15) is 4.79 Å². The number of nitrogens with zero attached hydrogens (tertiary/aromatic N) is 1. The van der Waals surface area contributed by atoms with Crippen LogP contribution in [-0.2, 0) is 4.79 Å². The number of nitrogens with one attached hydrogen (secondary N) is 1. The number of carbonyl (C=O) groups is 1. The Morgan fingerprint density at radius 2 is 2.04 bits per heavy atom. The average molecular weight is 324 g/mol. The number of fused-ring (bicyclic) bond motifs is 1. The van der Waals surface area contributed by atoms with E-state index in [2.05, 4.69) is 17.4 Å². The zero-order valence-corrected chi connectivity index (χ0v) is 13.3. The van der Waals surface area contributed by atoms with Gasteiger partial charge in [-0.25, -0.2) is 0 Å². The van der Waals surface area contributed by atoms with E-state index in [1.807, 2.05) is 30.0 Å². The van der Waals surface area contributed by atoms with Gasteiger partial charge < -0.3 is 10.1 Å². The number of rotatable bonds is 4. The van der Waals surface area contributed by atoms with Crippen LogP contribution in [0.15, 0.2) is 53.4 Å². The summed E-state index contributed by atoms with van der Waals surface area (Å²) >= 11 is 1.82. The predicted octanol–water partition coefficient (Wildman–Crippen LogP) is 3.29. The largest absolute Gasteiger partial charge is 0.484 e. The van der Waals surface area contributed by atoms with Crippen molar-refractivity contribution in [1.82, 2.24) is 5.32 Å². The first-order valence-electron chi connectivity index (χ1n) is 7.40. The summed E-state index contributed by atoms with van der Waals surface area (Å²) in [6.45, 7) is -0.0300. The van der Waals surface area contributed by atoms with E-state index in [1.165, 1.54) is 10.5 Å². The van der Waals surface area contributed by atoms with E-state index in [0.29, 0.717) is 11.3 Å². The fourth-order valence-electron chi connectivity index (χ4n) is 2.50. The SMILES string of the molecule is N#Cc1ccc(OCC(=O)N[C@H]2CCSc3ccccc32)cc1. The van der Waals surface area contributed by atoms with E-state index in [1.54, 1.807) is 24.3 Å². The maximum atomic E-state index is 12.1. The molecular formula is C18H16N2O2S. The second-order valence-corrected chi connectivity index (χ2v) is 6.36. The van der Waals surface area contributed by atoms with Crippen LogP contribution in [0.4, 0.5) is 0 Å². The van der Waals surface area contributed by atoms with Gasteiger partial charge in [0.25, 0.3) is 5.91 Å². The lowest BCUT2D eigenvalue weighted by Crippen LogP contribution is -2.34. The molecule has 3 rings (SSSR count). The van der Waals surface area contributed by atoms with Crippen LogP contribution in [0.2, 0.25) is 0 Å². The summed E-state index contributed by atoms with van der Waals surface area (Å²) < 4.78 is 5.47. The first-order valence-corrected chi connectivity index (χ1v) is 8.39. The van der Waals surface area contributed by atoms with Crippen LogP contribution >= 0.6 is 11.8 Å². The zero-order chi connectivity index (χ0) is 16.1. The lowest BCUT2D eigenvalue weighted by molar-refractivity contribution is -0.123. The first kappa shape index (κ1) is 15.4. The van der Waals surface area contributed by atoms with Crippen LogP contribution < -0.4 is 10.1 Å². The molecule has 0 fully saturated rings. The van der Waals surface area contributed by atoms with Gasteiger partial charge in [-0.1, -0.05) is 18.2 Å². The molecule has 0 aromatic heterocycles. The summed E-state index contributed by atoms with van der Waals surface area (Å²) in [5, 5.41) is 11.8. The zero-order valence-electron chi connectivity index (χ0n) is 12.5. The number of carbonyl (C=O) groups excluding carboxylic acids is 1. The summed E-state index contributed by atoms with van der Waals surface area (Å²) in [6.07, 6.45) is 0.921. The number of hydrogen-bond acceptors (Lipinski definition) is 4. The minimum absolute atomic E-state index is 0.0300. The molecule has 1 heterocycles. The smallest absolute Gasteiger partial charge is 0.258 e. The van der Waals surface area contributed by atoms with Crippen LogP contribution in [0.25, 0.3) is 0 Å². The predicted molar refractivity (Wildman–Crippen MR) is 89.3 cm³/mol. The molecule has 0 spiro atoms. The van der Waals surface area contributed by atoms with Gasteiger partial charge in [0.15, 0.2) is 6.61 Å². The highest BCUT2D eigenvalue weighted by Gasteiger charge is 2.21. The Kier molecular flexibility index (Phi) is 4.84. The number of amides is 1. The molecule has 0 bridgehead atoms. The lowest BCUT2D eigenvalue weighted by Gasteiger charge is -2.25. The highest BCUT2D eigenvalue weighted by molar-refractivity contribution is 7.99. The fourth-order valence-corrected chi connectivity index (χ4v) is 3.63. The molecule has 1 atom stereocenters. The number of nitriles is 1. The van der Waals surface area contributed by atoms with Gasteiger partial charge in [0.2, 0.25) is 0 Å². The Labute approximate surface area is 139 Å². The molecule has 0 radical (unpaired) electrons. The van der Waals surface area contributed by atoms with Crippen molar-refractivity contribution in [3.05, 3.63) is 59.7 Å². The van der Waals surface area contributed by atoms with Gasteiger partial charge in [-0.05, 0) is 42.3 Å². The van der Waals surface area contributed by atoms with Crippen LogP contribution in [0.5, 0.6) is 5.75 Å². The van der Waals surface area contributed by atoms with Crippen LogP contribution in [0.1, 0.15) is 23.6 Å². The van der Waals surface area contributed by atoms with Crippen LogP contribution in [-0.4, -0.2) is 18.3 Å². The molecule has 1 aliphatic heterocycles. The molecule has 0 aliphatic carbocycles. The third-order valence-corrected chi connectivity index (χ3v) is 4.77. The molecule has 1 aliphatic rings. The van der Waals surface area contributed by atoms with E-state index >= 15 is 0 Å². The van der Waals surface area contributed by atoms with Gasteiger partial charge in [0, 0.05) is 10.6 Å². The van der Waals surface area contributed by atoms with Crippen LogP contribution in [0, 0.1) is 11.3 Å². The molecule has 4 nitrogen and oxygen atoms in total. The Bertz CT molecular complexity index is 737. The molecule has 0 saturated heterocycles. The molecule has 116 valence electrons. The Balaban J connectivity index is 1.57.